The van der Waals surface area contributed by atoms with Gasteiger partial charge in [-0.1, -0.05) is 44.0 Å². The zero-order valence-corrected chi connectivity index (χ0v) is 23.7. The van der Waals surface area contributed by atoms with E-state index in [1.807, 2.05) is 48.5 Å². The Morgan fingerprint density at radius 3 is 1.93 bits per heavy atom. The van der Waals surface area contributed by atoms with Gasteiger partial charge in [-0.3, -0.25) is 14.5 Å². The van der Waals surface area contributed by atoms with Crippen LogP contribution in [0.3, 0.4) is 0 Å². The van der Waals surface area contributed by atoms with E-state index < -0.39 is 18.0 Å². The molecule has 1 saturated heterocycles. The van der Waals surface area contributed by atoms with E-state index in [0.29, 0.717) is 18.0 Å². The van der Waals surface area contributed by atoms with Crippen LogP contribution in [0.15, 0.2) is 48.5 Å². The quantitative estimate of drug-likeness (QED) is 0.101. The number of hydrogen-bond acceptors (Lipinski definition) is 9. The van der Waals surface area contributed by atoms with E-state index in [-0.39, 0.29) is 50.4 Å². The van der Waals surface area contributed by atoms with Crippen molar-refractivity contribution in [3.63, 3.8) is 0 Å². The topological polar surface area (TPSA) is 109 Å². The average molecular weight is 573 g/mol. The molecule has 3 rings (SSSR count). The van der Waals surface area contributed by atoms with Crippen LogP contribution in [0.1, 0.15) is 25.0 Å². The van der Waals surface area contributed by atoms with Gasteiger partial charge in [-0.05, 0) is 35.4 Å². The van der Waals surface area contributed by atoms with E-state index in [2.05, 4.69) is 24.7 Å². The highest BCUT2D eigenvalue weighted by atomic mass is 35.5. The minimum Gasteiger partial charge on any atom is -0.490 e. The Kier molecular flexibility index (Phi) is 12.1. The SMILES string of the molecule is C#CCOCC(COc1ccc(C(C)(C)c2ccc(OCC(CN3CC3)OC(=O)CN)cc2)cc1)OC(=O)CCl. The number of halogens is 1. The Balaban J connectivity index is 1.56. The van der Waals surface area contributed by atoms with E-state index in [9.17, 15) is 9.59 Å². The first kappa shape index (κ1) is 31.2. The maximum absolute atomic E-state index is 11.6. The third kappa shape index (κ3) is 10.0. The van der Waals surface area contributed by atoms with Gasteiger partial charge >= 0.3 is 11.9 Å². The molecule has 1 heterocycles. The summed E-state index contributed by atoms with van der Waals surface area (Å²) < 4.78 is 27.7. The third-order valence-electron chi connectivity index (χ3n) is 6.39. The zero-order chi connectivity index (χ0) is 29.0. The van der Waals surface area contributed by atoms with Crippen molar-refractivity contribution in [2.24, 2.45) is 5.73 Å². The van der Waals surface area contributed by atoms with Crippen molar-refractivity contribution in [2.45, 2.75) is 31.5 Å². The molecule has 1 aliphatic heterocycles. The Hall–Kier alpha value is -3.29. The molecule has 2 atom stereocenters. The van der Waals surface area contributed by atoms with Crippen molar-refractivity contribution in [3.05, 3.63) is 59.7 Å². The van der Waals surface area contributed by atoms with Gasteiger partial charge < -0.3 is 29.4 Å². The first-order valence-electron chi connectivity index (χ1n) is 13.1. The van der Waals surface area contributed by atoms with Crippen molar-refractivity contribution in [2.75, 3.05) is 58.5 Å². The van der Waals surface area contributed by atoms with Gasteiger partial charge in [0.2, 0.25) is 0 Å². The lowest BCUT2D eigenvalue weighted by Gasteiger charge is -2.27. The van der Waals surface area contributed by atoms with Gasteiger partial charge in [0, 0.05) is 25.0 Å². The van der Waals surface area contributed by atoms with Gasteiger partial charge in [0.1, 0.15) is 43.3 Å². The van der Waals surface area contributed by atoms with E-state index >= 15 is 0 Å². The molecule has 2 unspecified atom stereocenters. The second-order valence-electron chi connectivity index (χ2n) is 9.88. The summed E-state index contributed by atoms with van der Waals surface area (Å²) >= 11 is 5.54. The van der Waals surface area contributed by atoms with Crippen LogP contribution in [0.4, 0.5) is 0 Å². The number of ether oxygens (including phenoxy) is 5. The van der Waals surface area contributed by atoms with Crippen molar-refractivity contribution < 1.29 is 33.3 Å². The number of benzene rings is 2. The molecule has 0 aliphatic carbocycles. The molecule has 1 fully saturated rings. The third-order valence-corrected chi connectivity index (χ3v) is 6.60. The van der Waals surface area contributed by atoms with Crippen LogP contribution < -0.4 is 15.2 Å². The Morgan fingerprint density at radius 2 is 1.45 bits per heavy atom. The van der Waals surface area contributed by atoms with E-state index in [0.717, 1.165) is 24.2 Å². The van der Waals surface area contributed by atoms with Gasteiger partial charge in [-0.25, -0.2) is 0 Å². The first-order chi connectivity index (χ1) is 19.2. The predicted octanol–water partition coefficient (Wildman–Crippen LogP) is 2.76. The Bertz CT molecular complexity index is 1130. The number of alkyl halides is 1. The fourth-order valence-electron chi connectivity index (χ4n) is 3.96. The Morgan fingerprint density at radius 1 is 0.925 bits per heavy atom. The van der Waals surface area contributed by atoms with Crippen molar-refractivity contribution >= 4 is 23.5 Å². The molecule has 1 aliphatic rings. The number of rotatable bonds is 17. The number of terminal acetylenes is 1. The largest absolute Gasteiger partial charge is 0.490 e. The normalized spacial score (nSPS) is 14.5. The lowest BCUT2D eigenvalue weighted by molar-refractivity contribution is -0.151. The van der Waals surface area contributed by atoms with Gasteiger partial charge in [-0.15, -0.1) is 18.0 Å². The van der Waals surface area contributed by atoms with Gasteiger partial charge in [0.15, 0.2) is 6.10 Å². The summed E-state index contributed by atoms with van der Waals surface area (Å²) in [6.45, 7) is 7.32. The number of nitrogens with two attached hydrogens (primary N) is 1. The molecule has 0 spiro atoms. The second kappa shape index (κ2) is 15.5. The highest BCUT2D eigenvalue weighted by Crippen LogP contribution is 2.33. The highest BCUT2D eigenvalue weighted by Gasteiger charge is 2.26. The average Bonchev–Trinajstić information content (AvgIpc) is 3.79. The van der Waals surface area contributed by atoms with Crippen molar-refractivity contribution in [3.8, 4) is 23.8 Å². The van der Waals surface area contributed by atoms with E-state index in [1.54, 1.807) is 0 Å². The van der Waals surface area contributed by atoms with Crippen molar-refractivity contribution in [1.29, 1.82) is 0 Å². The molecule has 0 saturated carbocycles. The molecule has 40 heavy (non-hydrogen) atoms. The standard InChI is InChI=1S/C30H37ClN2O7/c1-4-15-36-19-27(40-28(34)16-31)21-38-25-11-7-23(8-12-25)30(2,3)22-5-9-24(10-6-22)37-20-26(18-33-13-14-33)39-29(35)17-32/h1,5-12,26-27H,13-21,32H2,2-3H3. The second-order valence-corrected chi connectivity index (χ2v) is 10.1. The molecule has 216 valence electrons. The molecule has 0 bridgehead atoms. The maximum Gasteiger partial charge on any atom is 0.321 e. The summed E-state index contributed by atoms with van der Waals surface area (Å²) in [4.78, 5) is 25.4. The lowest BCUT2D eigenvalue weighted by Crippen LogP contribution is -2.34. The summed E-state index contributed by atoms with van der Waals surface area (Å²) in [5.41, 5.74) is 7.28. The van der Waals surface area contributed by atoms with Crippen LogP contribution in [0, 0.1) is 12.3 Å². The van der Waals surface area contributed by atoms with E-state index in [4.69, 9.17) is 47.4 Å². The highest BCUT2D eigenvalue weighted by molar-refractivity contribution is 6.26. The molecule has 9 nitrogen and oxygen atoms in total. The lowest BCUT2D eigenvalue weighted by atomic mass is 9.78. The summed E-state index contributed by atoms with van der Waals surface area (Å²) in [5.74, 6) is 2.44. The summed E-state index contributed by atoms with van der Waals surface area (Å²) in [5, 5.41) is 0. The van der Waals surface area contributed by atoms with Crippen LogP contribution in [-0.4, -0.2) is 87.5 Å². The molecule has 2 aromatic carbocycles. The first-order valence-corrected chi connectivity index (χ1v) is 13.6. The fourth-order valence-corrected chi connectivity index (χ4v) is 4.03. The van der Waals surface area contributed by atoms with Crippen LogP contribution in [-0.2, 0) is 29.2 Å². The summed E-state index contributed by atoms with van der Waals surface area (Å²) in [7, 11) is 0. The van der Waals surface area contributed by atoms with Crippen LogP contribution in [0.5, 0.6) is 11.5 Å². The number of nitrogens with zero attached hydrogens (tertiary/aromatic N) is 1. The molecule has 0 radical (unpaired) electrons. The summed E-state index contributed by atoms with van der Waals surface area (Å²) in [6.07, 6.45) is 4.20. The maximum atomic E-state index is 11.6. The minimum absolute atomic E-state index is 0.0989. The van der Waals surface area contributed by atoms with Crippen molar-refractivity contribution in [1.82, 2.24) is 4.90 Å². The molecular formula is C30H37ClN2O7. The number of carbonyl (C=O) groups excluding carboxylic acids is 2. The molecule has 0 aromatic heterocycles. The smallest absolute Gasteiger partial charge is 0.321 e. The fraction of sp³-hybridized carbons (Fsp3) is 0.467. The number of carbonyl (C=O) groups is 2. The molecule has 2 N–H and O–H groups in total. The Labute approximate surface area is 240 Å². The van der Waals surface area contributed by atoms with Gasteiger partial charge in [0.05, 0.1) is 13.2 Å². The zero-order valence-electron chi connectivity index (χ0n) is 23.0. The van der Waals surface area contributed by atoms with Crippen LogP contribution >= 0.6 is 11.6 Å². The van der Waals surface area contributed by atoms with Crippen LogP contribution in [0.25, 0.3) is 0 Å². The van der Waals surface area contributed by atoms with Gasteiger partial charge in [-0.2, -0.15) is 0 Å². The number of hydrogen-bond donors (Lipinski definition) is 1. The number of esters is 2. The molecule has 0 amide bonds. The predicted molar refractivity (Wildman–Crippen MR) is 152 cm³/mol. The minimum atomic E-state index is -0.634. The van der Waals surface area contributed by atoms with E-state index in [1.165, 1.54) is 0 Å². The molecular weight excluding hydrogens is 536 g/mol. The molecule has 10 heteroatoms. The van der Waals surface area contributed by atoms with Crippen LogP contribution in [0.2, 0.25) is 0 Å². The monoisotopic (exact) mass is 572 g/mol. The molecule has 2 aromatic rings. The summed E-state index contributed by atoms with van der Waals surface area (Å²) in [6, 6.07) is 15.6. The van der Waals surface area contributed by atoms with Gasteiger partial charge in [0.25, 0.3) is 0 Å².